The van der Waals surface area contributed by atoms with E-state index < -0.39 is 0 Å². The van der Waals surface area contributed by atoms with Crippen LogP contribution in [0, 0.1) is 11.8 Å². The Hall–Kier alpha value is -0.700. The first-order valence-corrected chi connectivity index (χ1v) is 3.04. The van der Waals surface area contributed by atoms with Crippen molar-refractivity contribution in [1.29, 1.82) is 0 Å². The summed E-state index contributed by atoms with van der Waals surface area (Å²) in [6.45, 7) is 0. The third-order valence-electron chi connectivity index (χ3n) is 2.31. The quantitative estimate of drug-likeness (QED) is 0.427. The number of carbonyl (C=O) groups excluding carboxylic acids is 2. The predicted octanol–water partition coefficient (Wildman–Crippen LogP) is -0.898. The van der Waals surface area contributed by atoms with Gasteiger partial charge < -0.3 is 5.73 Å². The molecular formula is C6H7NO2. The third-order valence-corrected chi connectivity index (χ3v) is 2.31. The van der Waals surface area contributed by atoms with Gasteiger partial charge in [0.1, 0.15) is 5.78 Å². The van der Waals surface area contributed by atoms with Crippen molar-refractivity contribution in [3.8, 4) is 0 Å². The maximum Gasteiger partial charge on any atom is 0.160 e. The number of hydrogen-bond acceptors (Lipinski definition) is 3. The van der Waals surface area contributed by atoms with Gasteiger partial charge in [-0.05, 0) is 0 Å². The molecule has 2 N–H and O–H groups in total. The van der Waals surface area contributed by atoms with Crippen molar-refractivity contribution in [3.63, 3.8) is 0 Å². The molecule has 0 aromatic heterocycles. The summed E-state index contributed by atoms with van der Waals surface area (Å²) < 4.78 is 0. The second-order valence-electron chi connectivity index (χ2n) is 2.74. The average molecular weight is 125 g/mol. The number of hydrogen-bond donors (Lipinski definition) is 1. The first kappa shape index (κ1) is 5.11. The highest BCUT2D eigenvalue weighted by Crippen LogP contribution is 2.43. The fourth-order valence-corrected chi connectivity index (χ4v) is 1.56. The molecule has 3 atom stereocenters. The Morgan fingerprint density at radius 1 is 1.44 bits per heavy atom. The molecule has 0 amide bonds. The van der Waals surface area contributed by atoms with Crippen molar-refractivity contribution in [2.45, 2.75) is 12.5 Å². The Morgan fingerprint density at radius 3 is 2.44 bits per heavy atom. The maximum absolute atomic E-state index is 10.7. The standard InChI is InChI=1S/C6H7NO2/c7-5-2-1-3(8)4(2)6(5)9/h2,4-5H,1,7H2/t2-,4-,5?/m1/s1. The summed E-state index contributed by atoms with van der Waals surface area (Å²) in [5.74, 6) is -0.0204. The largest absolute Gasteiger partial charge is 0.321 e. The van der Waals surface area contributed by atoms with Crippen LogP contribution < -0.4 is 5.73 Å². The lowest BCUT2D eigenvalue weighted by Gasteiger charge is -2.47. The molecule has 2 fully saturated rings. The number of carbonyl (C=O) groups is 2. The smallest absolute Gasteiger partial charge is 0.160 e. The molecule has 0 aromatic carbocycles. The van der Waals surface area contributed by atoms with Crippen LogP contribution in [-0.2, 0) is 9.59 Å². The highest BCUT2D eigenvalue weighted by atomic mass is 16.2. The zero-order valence-electron chi connectivity index (χ0n) is 4.83. The molecule has 0 aromatic rings. The van der Waals surface area contributed by atoms with Crippen LogP contribution in [0.5, 0.6) is 0 Å². The van der Waals surface area contributed by atoms with Crippen LogP contribution in [-0.4, -0.2) is 17.6 Å². The third kappa shape index (κ3) is 0.378. The molecule has 2 rings (SSSR count). The highest BCUT2D eigenvalue weighted by molar-refractivity contribution is 6.15. The number of nitrogens with two attached hydrogens (primary N) is 1. The molecule has 9 heavy (non-hydrogen) atoms. The molecule has 0 saturated heterocycles. The minimum absolute atomic E-state index is 0.0451. The molecule has 2 aliphatic carbocycles. The molecular weight excluding hydrogens is 118 g/mol. The normalized spacial score (nSPS) is 47.4. The van der Waals surface area contributed by atoms with Crippen LogP contribution in [0.2, 0.25) is 0 Å². The summed E-state index contributed by atoms with van der Waals surface area (Å²) in [5, 5.41) is 0. The minimum Gasteiger partial charge on any atom is -0.321 e. The van der Waals surface area contributed by atoms with Gasteiger partial charge in [-0.25, -0.2) is 0 Å². The van der Waals surface area contributed by atoms with E-state index in [1.54, 1.807) is 0 Å². The fourth-order valence-electron chi connectivity index (χ4n) is 1.56. The maximum atomic E-state index is 10.7. The van der Waals surface area contributed by atoms with Gasteiger partial charge in [-0.15, -0.1) is 0 Å². The van der Waals surface area contributed by atoms with E-state index >= 15 is 0 Å². The fraction of sp³-hybridized carbons (Fsp3) is 0.667. The summed E-state index contributed by atoms with van der Waals surface area (Å²) in [7, 11) is 0. The summed E-state index contributed by atoms with van der Waals surface area (Å²) in [5.41, 5.74) is 5.37. The van der Waals surface area contributed by atoms with Gasteiger partial charge in [0.25, 0.3) is 0 Å². The predicted molar refractivity (Wildman–Crippen MR) is 29.6 cm³/mol. The molecule has 0 spiro atoms. The Morgan fingerprint density at radius 2 is 2.11 bits per heavy atom. The van der Waals surface area contributed by atoms with Gasteiger partial charge >= 0.3 is 0 Å². The SMILES string of the molecule is NC1C(=O)[C@H]2C(=O)C[C@@H]12. The van der Waals surface area contributed by atoms with Crippen molar-refractivity contribution in [2.24, 2.45) is 17.6 Å². The average Bonchev–Trinajstić information content (AvgIpc) is 1.81. The van der Waals surface area contributed by atoms with Crippen LogP contribution in [0.15, 0.2) is 0 Å². The van der Waals surface area contributed by atoms with Crippen LogP contribution >= 0.6 is 0 Å². The molecule has 3 heteroatoms. The molecule has 3 nitrogen and oxygen atoms in total. The van der Waals surface area contributed by atoms with Gasteiger partial charge in [0.05, 0.1) is 12.0 Å². The van der Waals surface area contributed by atoms with Crippen LogP contribution in [0.25, 0.3) is 0 Å². The second-order valence-corrected chi connectivity index (χ2v) is 2.74. The first-order chi connectivity index (χ1) is 4.22. The van der Waals surface area contributed by atoms with E-state index in [0.717, 1.165) is 0 Å². The first-order valence-electron chi connectivity index (χ1n) is 3.04. The molecule has 48 valence electrons. The summed E-state index contributed by atoms with van der Waals surface area (Å²) in [4.78, 5) is 21.3. The summed E-state index contributed by atoms with van der Waals surface area (Å²) >= 11 is 0. The van der Waals surface area contributed by atoms with Crippen LogP contribution in [0.3, 0.4) is 0 Å². The van der Waals surface area contributed by atoms with E-state index in [9.17, 15) is 9.59 Å². The minimum atomic E-state index is -0.312. The Kier molecular flexibility index (Phi) is 0.703. The van der Waals surface area contributed by atoms with Crippen molar-refractivity contribution < 1.29 is 9.59 Å². The van der Waals surface area contributed by atoms with Gasteiger partial charge in [-0.2, -0.15) is 0 Å². The van der Waals surface area contributed by atoms with E-state index in [2.05, 4.69) is 0 Å². The van der Waals surface area contributed by atoms with Gasteiger partial charge in [-0.3, -0.25) is 9.59 Å². The molecule has 1 unspecified atom stereocenters. The topological polar surface area (TPSA) is 60.2 Å². The summed E-state index contributed by atoms with van der Waals surface area (Å²) in [6, 6.07) is -0.312. The molecule has 0 aliphatic heterocycles. The van der Waals surface area contributed by atoms with Crippen molar-refractivity contribution in [1.82, 2.24) is 0 Å². The molecule has 2 aliphatic rings. The lowest BCUT2D eigenvalue weighted by atomic mass is 9.55. The van der Waals surface area contributed by atoms with Gasteiger partial charge in [0.15, 0.2) is 5.78 Å². The molecule has 2 saturated carbocycles. The Labute approximate surface area is 52.2 Å². The highest BCUT2D eigenvalue weighted by Gasteiger charge is 2.59. The molecule has 0 bridgehead atoms. The Bertz CT molecular complexity index is 199. The number of rotatable bonds is 0. The second kappa shape index (κ2) is 1.24. The zero-order valence-corrected chi connectivity index (χ0v) is 4.83. The monoisotopic (exact) mass is 125 g/mol. The van der Waals surface area contributed by atoms with E-state index in [1.807, 2.05) is 0 Å². The van der Waals surface area contributed by atoms with E-state index in [-0.39, 0.29) is 29.4 Å². The Balaban J connectivity index is 2.19. The van der Waals surface area contributed by atoms with E-state index in [0.29, 0.717) is 6.42 Å². The van der Waals surface area contributed by atoms with Crippen molar-refractivity contribution in [2.75, 3.05) is 0 Å². The van der Waals surface area contributed by atoms with Crippen LogP contribution in [0.4, 0.5) is 0 Å². The van der Waals surface area contributed by atoms with Gasteiger partial charge in [0, 0.05) is 12.3 Å². The van der Waals surface area contributed by atoms with E-state index in [4.69, 9.17) is 5.73 Å². The lowest BCUT2D eigenvalue weighted by molar-refractivity contribution is -0.157. The summed E-state index contributed by atoms with van der Waals surface area (Å²) in [6.07, 6.45) is 0.539. The van der Waals surface area contributed by atoms with Crippen molar-refractivity contribution >= 4 is 11.6 Å². The number of ketones is 2. The molecule has 0 heterocycles. The number of fused-ring (bicyclic) bond motifs is 1. The molecule has 0 radical (unpaired) electrons. The van der Waals surface area contributed by atoms with Gasteiger partial charge in [-0.1, -0.05) is 0 Å². The van der Waals surface area contributed by atoms with E-state index in [1.165, 1.54) is 0 Å². The lowest BCUT2D eigenvalue weighted by Crippen LogP contribution is -2.67. The number of Topliss-reactive ketones (excluding diaryl/α,β-unsaturated/α-hetero) is 2. The van der Waals surface area contributed by atoms with Crippen LogP contribution in [0.1, 0.15) is 6.42 Å². The van der Waals surface area contributed by atoms with Crippen molar-refractivity contribution in [3.05, 3.63) is 0 Å². The zero-order chi connectivity index (χ0) is 6.59. The van der Waals surface area contributed by atoms with Gasteiger partial charge in [0.2, 0.25) is 0 Å².